The molecule has 21 heavy (non-hydrogen) atoms. The molecule has 0 aliphatic rings. The molecule has 0 saturated heterocycles. The molecule has 0 N–H and O–H groups in total. The van der Waals surface area contributed by atoms with Gasteiger partial charge in [0.25, 0.3) is 0 Å². The Kier molecular flexibility index (Phi) is 9.02. The second-order valence-electron chi connectivity index (χ2n) is 5.62. The van der Waals surface area contributed by atoms with E-state index in [1.807, 2.05) is 0 Å². The maximum Gasteiger partial charge on any atom is 0 e. The van der Waals surface area contributed by atoms with Crippen molar-refractivity contribution in [2.75, 3.05) is 0 Å². The smallest absolute Gasteiger partial charge is 0 e. The van der Waals surface area contributed by atoms with Crippen LogP contribution >= 0.6 is 18.5 Å². The van der Waals surface area contributed by atoms with Crippen LogP contribution in [0, 0.1) is 41.5 Å². The minimum absolute atomic E-state index is 0. The summed E-state index contributed by atoms with van der Waals surface area (Å²) in [5.41, 5.74) is 8.15. The van der Waals surface area contributed by atoms with Gasteiger partial charge in [-0.2, -0.15) is 0 Å². The van der Waals surface area contributed by atoms with Gasteiger partial charge in [-0.3, -0.25) is 0 Å². The average Bonchev–Trinajstić information content (AvgIpc) is 2.33. The SMILES string of the molecule is Cc1cc(C)c(P)c(C)c1.Cc1cc(C)c(P)c(C)c1.[Ge]. The van der Waals surface area contributed by atoms with E-state index in [0.717, 1.165) is 0 Å². The van der Waals surface area contributed by atoms with Crippen LogP contribution < -0.4 is 10.6 Å². The van der Waals surface area contributed by atoms with E-state index in [4.69, 9.17) is 0 Å². The number of hydrogen-bond donors (Lipinski definition) is 0. The Morgan fingerprint density at radius 1 is 0.524 bits per heavy atom. The largest absolute Gasteiger partial charge is 0.105 e. The zero-order chi connectivity index (χ0) is 15.4. The molecule has 2 aromatic carbocycles. The molecule has 0 saturated carbocycles. The average molecular weight is 377 g/mol. The Balaban J connectivity index is 0.000000364. The van der Waals surface area contributed by atoms with Crippen molar-refractivity contribution in [3.05, 3.63) is 57.6 Å². The van der Waals surface area contributed by atoms with Gasteiger partial charge in [-0.1, -0.05) is 35.4 Å². The molecule has 0 bridgehead atoms. The van der Waals surface area contributed by atoms with Crippen LogP contribution in [0.4, 0.5) is 0 Å². The minimum Gasteiger partial charge on any atom is -0.105 e. The van der Waals surface area contributed by atoms with Crippen LogP contribution in [0.1, 0.15) is 33.4 Å². The summed E-state index contributed by atoms with van der Waals surface area (Å²) in [6.45, 7) is 12.8. The third kappa shape index (κ3) is 6.23. The van der Waals surface area contributed by atoms with Crippen LogP contribution in [0.2, 0.25) is 0 Å². The van der Waals surface area contributed by atoms with Crippen molar-refractivity contribution < 1.29 is 0 Å². The van der Waals surface area contributed by atoms with Crippen molar-refractivity contribution in [1.82, 2.24) is 0 Å². The maximum atomic E-state index is 2.77. The molecule has 0 fully saturated rings. The van der Waals surface area contributed by atoms with E-state index < -0.39 is 0 Å². The van der Waals surface area contributed by atoms with E-state index in [-0.39, 0.29) is 17.6 Å². The van der Waals surface area contributed by atoms with Gasteiger partial charge in [-0.25, -0.2) is 0 Å². The summed E-state index contributed by atoms with van der Waals surface area (Å²) in [7, 11) is 5.53. The van der Waals surface area contributed by atoms with Crippen LogP contribution in [-0.4, -0.2) is 17.6 Å². The van der Waals surface area contributed by atoms with Gasteiger partial charge in [0.1, 0.15) is 0 Å². The van der Waals surface area contributed by atoms with Gasteiger partial charge >= 0.3 is 0 Å². The van der Waals surface area contributed by atoms with Gasteiger partial charge in [0.2, 0.25) is 0 Å². The van der Waals surface area contributed by atoms with Crippen LogP contribution in [0.5, 0.6) is 0 Å². The quantitative estimate of drug-likeness (QED) is 0.484. The summed E-state index contributed by atoms with van der Waals surface area (Å²) in [6, 6.07) is 8.81. The van der Waals surface area contributed by atoms with Crippen molar-refractivity contribution in [1.29, 1.82) is 0 Å². The molecular weight excluding hydrogens is 351 g/mol. The molecule has 3 heteroatoms. The van der Waals surface area contributed by atoms with E-state index in [2.05, 4.69) is 84.3 Å². The third-order valence-electron chi connectivity index (χ3n) is 3.48. The van der Waals surface area contributed by atoms with E-state index in [9.17, 15) is 0 Å². The van der Waals surface area contributed by atoms with Crippen LogP contribution in [-0.2, 0) is 0 Å². The van der Waals surface area contributed by atoms with Crippen LogP contribution in [0.3, 0.4) is 0 Å². The number of rotatable bonds is 0. The molecule has 4 radical (unpaired) electrons. The van der Waals surface area contributed by atoms with Gasteiger partial charge in [-0.05, 0) is 74.4 Å². The Morgan fingerprint density at radius 2 is 0.714 bits per heavy atom. The second-order valence-corrected chi connectivity index (χ2v) is 6.78. The molecular formula is C18H26GeP2. The standard InChI is InChI=1S/2C9H13P.Ge/c2*1-6-4-7(2)9(10)8(3)5-6;/h2*4-5H,10H2,1-3H3;. The molecule has 0 nitrogen and oxygen atoms in total. The molecule has 2 rings (SSSR count). The monoisotopic (exact) mass is 378 g/mol. The first-order chi connectivity index (χ1) is 9.22. The normalized spacial score (nSPS) is 9.52. The fourth-order valence-corrected chi connectivity index (χ4v) is 2.72. The molecule has 0 amide bonds. The van der Waals surface area contributed by atoms with E-state index in [0.29, 0.717) is 0 Å². The van der Waals surface area contributed by atoms with Crippen molar-refractivity contribution in [3.8, 4) is 0 Å². The summed E-state index contributed by atoms with van der Waals surface area (Å²) in [5, 5.41) is 2.68. The zero-order valence-corrected chi connectivity index (χ0v) is 18.4. The number of benzene rings is 2. The van der Waals surface area contributed by atoms with Crippen molar-refractivity contribution in [2.45, 2.75) is 41.5 Å². The zero-order valence-electron chi connectivity index (χ0n) is 14.0. The number of hydrogen-bond acceptors (Lipinski definition) is 0. The van der Waals surface area contributed by atoms with Crippen molar-refractivity contribution in [2.24, 2.45) is 0 Å². The molecule has 0 spiro atoms. The fourth-order valence-electron chi connectivity index (χ4n) is 2.38. The third-order valence-corrected chi connectivity index (χ3v) is 5.30. The Hall–Kier alpha value is -0.157. The summed E-state index contributed by atoms with van der Waals surface area (Å²) in [6.07, 6.45) is 0. The number of aryl methyl sites for hydroxylation is 6. The predicted molar refractivity (Wildman–Crippen MR) is 106 cm³/mol. The first-order valence-electron chi connectivity index (χ1n) is 6.89. The predicted octanol–water partition coefficient (Wildman–Crippen LogP) is 3.84. The maximum absolute atomic E-state index is 2.77. The molecule has 0 aliphatic carbocycles. The summed E-state index contributed by atoms with van der Waals surface area (Å²) in [4.78, 5) is 0. The molecule has 0 heterocycles. The first kappa shape index (κ1) is 20.8. The minimum atomic E-state index is 0. The van der Waals surface area contributed by atoms with Crippen LogP contribution in [0.25, 0.3) is 0 Å². The summed E-state index contributed by atoms with van der Waals surface area (Å²) in [5.74, 6) is 0. The van der Waals surface area contributed by atoms with Gasteiger partial charge < -0.3 is 0 Å². The van der Waals surface area contributed by atoms with Crippen molar-refractivity contribution >= 4 is 46.7 Å². The molecule has 2 aromatic rings. The molecule has 112 valence electrons. The van der Waals surface area contributed by atoms with E-state index >= 15 is 0 Å². The molecule has 2 unspecified atom stereocenters. The van der Waals surface area contributed by atoms with Crippen LogP contribution in [0.15, 0.2) is 24.3 Å². The van der Waals surface area contributed by atoms with Gasteiger partial charge in [0.05, 0.1) is 0 Å². The Morgan fingerprint density at radius 3 is 0.905 bits per heavy atom. The molecule has 0 aliphatic heterocycles. The van der Waals surface area contributed by atoms with Gasteiger partial charge in [0.15, 0.2) is 0 Å². The summed E-state index contributed by atoms with van der Waals surface area (Å²) < 4.78 is 0. The van der Waals surface area contributed by atoms with E-state index in [1.165, 1.54) is 44.0 Å². The fraction of sp³-hybridized carbons (Fsp3) is 0.333. The Labute approximate surface area is 145 Å². The van der Waals surface area contributed by atoms with Gasteiger partial charge in [0, 0.05) is 17.6 Å². The topological polar surface area (TPSA) is 0 Å². The Bertz CT molecular complexity index is 517. The van der Waals surface area contributed by atoms with E-state index in [1.54, 1.807) is 0 Å². The molecule has 0 aromatic heterocycles. The first-order valence-corrected chi connectivity index (χ1v) is 8.04. The summed E-state index contributed by atoms with van der Waals surface area (Å²) >= 11 is 0. The van der Waals surface area contributed by atoms with Gasteiger partial charge in [-0.15, -0.1) is 18.5 Å². The molecule has 2 atom stereocenters. The van der Waals surface area contributed by atoms with Crippen molar-refractivity contribution in [3.63, 3.8) is 0 Å². The second kappa shape index (κ2) is 9.09.